The highest BCUT2D eigenvalue weighted by atomic mass is 79.9. The van der Waals surface area contributed by atoms with Crippen molar-refractivity contribution < 1.29 is 9.53 Å². The number of hydrogen-bond donors (Lipinski definition) is 1. The van der Waals surface area contributed by atoms with Gasteiger partial charge in [0.05, 0.1) is 7.11 Å². The first-order valence-corrected chi connectivity index (χ1v) is 6.47. The van der Waals surface area contributed by atoms with Crippen LogP contribution in [0.1, 0.15) is 5.56 Å². The molecule has 0 aromatic heterocycles. The number of methoxy groups -OCH3 is 1. The molecule has 0 aliphatic heterocycles. The number of carbonyl (C=O) groups excluding carboxylic acids is 1. The van der Waals surface area contributed by atoms with Crippen molar-refractivity contribution in [2.24, 2.45) is 0 Å². The lowest BCUT2D eigenvalue weighted by molar-refractivity contribution is -0.139. The number of benzene rings is 1. The Labute approximate surface area is 112 Å². The Kier molecular flexibility index (Phi) is 5.28. The number of aryl methyl sites for hydroxylation is 1. The van der Waals surface area contributed by atoms with Crippen LogP contribution in [-0.4, -0.2) is 24.5 Å². The second kappa shape index (κ2) is 6.25. The van der Waals surface area contributed by atoms with Gasteiger partial charge in [-0.2, -0.15) is 0 Å². The molecule has 0 radical (unpaired) electrons. The zero-order chi connectivity index (χ0) is 12.1. The van der Waals surface area contributed by atoms with Gasteiger partial charge in [0.1, 0.15) is 4.83 Å². The molecule has 0 heterocycles. The minimum absolute atomic E-state index is 0.281. The molecule has 1 atom stereocenters. The number of hydrogen-bond acceptors (Lipinski definition) is 3. The number of ether oxygens (including phenoxy) is 1. The van der Waals surface area contributed by atoms with Crippen LogP contribution in [0.15, 0.2) is 22.7 Å². The lowest BCUT2D eigenvalue weighted by atomic mass is 10.2. The van der Waals surface area contributed by atoms with E-state index in [-0.39, 0.29) is 10.8 Å². The Morgan fingerprint density at radius 2 is 2.25 bits per heavy atom. The number of alkyl halides is 1. The lowest BCUT2D eigenvalue weighted by Gasteiger charge is -2.12. The third-order valence-corrected chi connectivity index (χ3v) is 3.44. The van der Waals surface area contributed by atoms with Crippen LogP contribution < -0.4 is 5.32 Å². The van der Waals surface area contributed by atoms with Gasteiger partial charge < -0.3 is 10.1 Å². The van der Waals surface area contributed by atoms with E-state index in [0.717, 1.165) is 15.7 Å². The summed E-state index contributed by atoms with van der Waals surface area (Å²) in [6.07, 6.45) is 0. The third-order valence-electron chi connectivity index (χ3n) is 2.05. The molecule has 0 saturated carbocycles. The van der Waals surface area contributed by atoms with Crippen molar-refractivity contribution >= 4 is 43.5 Å². The molecule has 0 aliphatic rings. The van der Waals surface area contributed by atoms with E-state index >= 15 is 0 Å². The van der Waals surface area contributed by atoms with Crippen LogP contribution in [0.25, 0.3) is 0 Å². The van der Waals surface area contributed by atoms with Gasteiger partial charge in [0.25, 0.3) is 0 Å². The molecule has 1 aromatic carbocycles. The van der Waals surface area contributed by atoms with Crippen molar-refractivity contribution in [3.8, 4) is 0 Å². The van der Waals surface area contributed by atoms with Crippen LogP contribution in [0.2, 0.25) is 0 Å². The minimum Gasteiger partial charge on any atom is -0.468 e. The number of halogens is 2. The maximum absolute atomic E-state index is 11.2. The van der Waals surface area contributed by atoms with Crippen molar-refractivity contribution in [2.75, 3.05) is 19.0 Å². The molecule has 3 nitrogen and oxygen atoms in total. The van der Waals surface area contributed by atoms with Gasteiger partial charge in [0, 0.05) is 16.7 Å². The Bertz CT molecular complexity index is 382. The van der Waals surface area contributed by atoms with Crippen LogP contribution in [0.3, 0.4) is 0 Å². The number of esters is 1. The first-order chi connectivity index (χ1) is 7.54. The van der Waals surface area contributed by atoms with E-state index in [9.17, 15) is 4.79 Å². The second-order valence-electron chi connectivity index (χ2n) is 3.35. The molecule has 16 heavy (non-hydrogen) atoms. The van der Waals surface area contributed by atoms with Gasteiger partial charge in [-0.15, -0.1) is 0 Å². The van der Waals surface area contributed by atoms with Gasteiger partial charge in [-0.1, -0.05) is 22.0 Å². The van der Waals surface area contributed by atoms with Crippen LogP contribution in [0.4, 0.5) is 5.69 Å². The minimum atomic E-state index is -0.343. The summed E-state index contributed by atoms with van der Waals surface area (Å²) in [5, 5.41) is 3.17. The normalized spacial score (nSPS) is 12.0. The van der Waals surface area contributed by atoms with Gasteiger partial charge in [0.2, 0.25) is 0 Å². The van der Waals surface area contributed by atoms with Gasteiger partial charge in [0.15, 0.2) is 0 Å². The zero-order valence-corrected chi connectivity index (χ0v) is 12.3. The van der Waals surface area contributed by atoms with E-state index in [2.05, 4.69) is 41.9 Å². The summed E-state index contributed by atoms with van der Waals surface area (Å²) in [7, 11) is 1.37. The van der Waals surface area contributed by atoms with Crippen LogP contribution >= 0.6 is 31.9 Å². The maximum atomic E-state index is 11.2. The maximum Gasteiger partial charge on any atom is 0.321 e. The number of nitrogens with one attached hydrogen (secondary N) is 1. The van der Waals surface area contributed by atoms with Crippen molar-refractivity contribution in [1.29, 1.82) is 0 Å². The molecule has 5 heteroatoms. The molecule has 1 N–H and O–H groups in total. The van der Waals surface area contributed by atoms with E-state index in [1.165, 1.54) is 7.11 Å². The van der Waals surface area contributed by atoms with Crippen LogP contribution in [0, 0.1) is 6.92 Å². The van der Waals surface area contributed by atoms with Gasteiger partial charge in [-0.25, -0.2) is 0 Å². The summed E-state index contributed by atoms with van der Waals surface area (Å²) in [6, 6.07) is 6.00. The average Bonchev–Trinajstić information content (AvgIpc) is 2.28. The summed E-state index contributed by atoms with van der Waals surface area (Å²) in [6.45, 7) is 2.50. The summed E-state index contributed by atoms with van der Waals surface area (Å²) in [5.41, 5.74) is 2.13. The van der Waals surface area contributed by atoms with E-state index < -0.39 is 0 Å². The van der Waals surface area contributed by atoms with Crippen molar-refractivity contribution in [2.45, 2.75) is 11.8 Å². The molecule has 0 saturated heterocycles. The highest BCUT2D eigenvalue weighted by Crippen LogP contribution is 2.23. The largest absolute Gasteiger partial charge is 0.468 e. The third kappa shape index (κ3) is 3.79. The number of anilines is 1. The van der Waals surface area contributed by atoms with E-state index in [4.69, 9.17) is 0 Å². The Hall–Kier alpha value is -0.550. The SMILES string of the molecule is COC(=O)C(Br)CNc1cc(C)ccc1Br. The smallest absolute Gasteiger partial charge is 0.321 e. The van der Waals surface area contributed by atoms with Crippen LogP contribution in [-0.2, 0) is 9.53 Å². The fraction of sp³-hybridized carbons (Fsp3) is 0.364. The Balaban J connectivity index is 2.60. The number of rotatable bonds is 4. The molecule has 1 aromatic rings. The van der Waals surface area contributed by atoms with Crippen LogP contribution in [0.5, 0.6) is 0 Å². The fourth-order valence-corrected chi connectivity index (χ4v) is 1.92. The van der Waals surface area contributed by atoms with Crippen molar-refractivity contribution in [1.82, 2.24) is 0 Å². The van der Waals surface area contributed by atoms with E-state index in [1.807, 2.05) is 25.1 Å². The van der Waals surface area contributed by atoms with Crippen molar-refractivity contribution in [3.05, 3.63) is 28.2 Å². The molecule has 0 aliphatic carbocycles. The molecule has 0 amide bonds. The second-order valence-corrected chi connectivity index (χ2v) is 5.31. The lowest BCUT2D eigenvalue weighted by Crippen LogP contribution is -2.24. The molecular formula is C11H13Br2NO2. The fourth-order valence-electron chi connectivity index (χ4n) is 1.19. The van der Waals surface area contributed by atoms with E-state index in [0.29, 0.717) is 6.54 Å². The van der Waals surface area contributed by atoms with Gasteiger partial charge >= 0.3 is 5.97 Å². The molecule has 0 fully saturated rings. The van der Waals surface area contributed by atoms with Gasteiger partial charge in [-0.05, 0) is 40.5 Å². The monoisotopic (exact) mass is 349 g/mol. The summed E-state index contributed by atoms with van der Waals surface area (Å²) < 4.78 is 5.59. The molecular weight excluding hydrogens is 338 g/mol. The quantitative estimate of drug-likeness (QED) is 0.669. The Morgan fingerprint density at radius 1 is 1.56 bits per heavy atom. The predicted octanol–water partition coefficient (Wildman–Crippen LogP) is 3.11. The topological polar surface area (TPSA) is 38.3 Å². The van der Waals surface area contributed by atoms with Gasteiger partial charge in [-0.3, -0.25) is 4.79 Å². The first kappa shape index (κ1) is 13.5. The highest BCUT2D eigenvalue weighted by Gasteiger charge is 2.14. The Morgan fingerprint density at radius 3 is 2.88 bits per heavy atom. The zero-order valence-electron chi connectivity index (χ0n) is 9.09. The molecule has 0 bridgehead atoms. The predicted molar refractivity (Wildman–Crippen MR) is 72.1 cm³/mol. The van der Waals surface area contributed by atoms with Crippen molar-refractivity contribution in [3.63, 3.8) is 0 Å². The highest BCUT2D eigenvalue weighted by molar-refractivity contribution is 9.10. The summed E-state index contributed by atoms with van der Waals surface area (Å²) >= 11 is 6.69. The average molecular weight is 351 g/mol. The van der Waals surface area contributed by atoms with E-state index in [1.54, 1.807) is 0 Å². The summed E-state index contributed by atoms with van der Waals surface area (Å²) in [5.74, 6) is -0.281. The molecule has 1 unspecified atom stereocenters. The summed E-state index contributed by atoms with van der Waals surface area (Å²) in [4.78, 5) is 10.8. The number of carbonyl (C=O) groups is 1. The first-order valence-electron chi connectivity index (χ1n) is 4.76. The molecule has 0 spiro atoms. The molecule has 88 valence electrons. The standard InChI is InChI=1S/C11H13Br2NO2/c1-7-3-4-8(12)10(5-7)14-6-9(13)11(15)16-2/h3-5,9,14H,6H2,1-2H3. The molecule has 1 rings (SSSR count).